The van der Waals surface area contributed by atoms with E-state index in [1.165, 1.54) is 0 Å². The van der Waals surface area contributed by atoms with Crippen molar-refractivity contribution in [3.63, 3.8) is 0 Å². The van der Waals surface area contributed by atoms with Crippen molar-refractivity contribution < 1.29 is 9.52 Å². The summed E-state index contributed by atoms with van der Waals surface area (Å²) in [5, 5.41) is 21.2. The second kappa shape index (κ2) is 8.53. The van der Waals surface area contributed by atoms with Crippen molar-refractivity contribution >= 4 is 5.96 Å². The van der Waals surface area contributed by atoms with Gasteiger partial charge in [0.15, 0.2) is 5.96 Å². The Labute approximate surface area is 148 Å². The molecule has 0 aromatic carbocycles. The lowest BCUT2D eigenvalue weighted by atomic mass is 10.0. The molecule has 2 aromatic rings. The number of aliphatic hydroxyl groups is 1. The zero-order valence-corrected chi connectivity index (χ0v) is 15.1. The van der Waals surface area contributed by atoms with Gasteiger partial charge in [0.25, 0.3) is 0 Å². The van der Waals surface area contributed by atoms with Gasteiger partial charge in [-0.05, 0) is 26.0 Å². The highest BCUT2D eigenvalue weighted by atomic mass is 16.3. The topological polar surface area (TPSA) is 87.6 Å². The molecule has 2 aromatic heterocycles. The summed E-state index contributed by atoms with van der Waals surface area (Å²) in [4.78, 5) is 4.51. The van der Waals surface area contributed by atoms with Crippen molar-refractivity contribution in [3.05, 3.63) is 54.3 Å². The van der Waals surface area contributed by atoms with Crippen molar-refractivity contribution in [2.24, 2.45) is 12.0 Å². The number of aliphatic imine (C=N–C) groups is 1. The van der Waals surface area contributed by atoms with E-state index in [-0.39, 0.29) is 6.54 Å². The Bertz CT molecular complexity index is 701. The molecule has 2 rings (SSSR count). The van der Waals surface area contributed by atoms with Gasteiger partial charge in [0.05, 0.1) is 19.0 Å². The maximum Gasteiger partial charge on any atom is 0.191 e. The average Bonchev–Trinajstić information content (AvgIpc) is 3.21. The van der Waals surface area contributed by atoms with Crippen molar-refractivity contribution in [1.82, 2.24) is 20.4 Å². The molecule has 0 radical (unpaired) electrons. The minimum absolute atomic E-state index is 0.213. The lowest BCUT2D eigenvalue weighted by molar-refractivity contribution is 0.0672. The summed E-state index contributed by atoms with van der Waals surface area (Å²) in [7, 11) is 1.82. The zero-order chi connectivity index (χ0) is 18.3. The van der Waals surface area contributed by atoms with Crippen molar-refractivity contribution in [2.75, 3.05) is 19.6 Å². The Hall–Kier alpha value is -2.54. The Morgan fingerprint density at radius 3 is 2.88 bits per heavy atom. The summed E-state index contributed by atoms with van der Waals surface area (Å²) >= 11 is 0. The van der Waals surface area contributed by atoms with Crippen LogP contribution in [-0.4, -0.2) is 40.5 Å². The molecule has 0 aliphatic rings. The Kier molecular flexibility index (Phi) is 6.41. The minimum atomic E-state index is -1.09. The highest BCUT2D eigenvalue weighted by Gasteiger charge is 2.24. The van der Waals surface area contributed by atoms with E-state index in [4.69, 9.17) is 4.42 Å². The predicted octanol–water partition coefficient (Wildman–Crippen LogP) is 1.57. The largest absolute Gasteiger partial charge is 0.469 e. The maximum absolute atomic E-state index is 10.7. The molecule has 7 nitrogen and oxygen atoms in total. The van der Waals surface area contributed by atoms with Gasteiger partial charge < -0.3 is 20.2 Å². The molecule has 0 aliphatic heterocycles. The van der Waals surface area contributed by atoms with Gasteiger partial charge in [-0.15, -0.1) is 0 Å². The molecule has 0 saturated carbocycles. The van der Waals surface area contributed by atoms with Crippen molar-refractivity contribution in [3.8, 4) is 0 Å². The van der Waals surface area contributed by atoms with Crippen LogP contribution in [0.5, 0.6) is 0 Å². The molecular weight excluding hydrogens is 318 g/mol. The van der Waals surface area contributed by atoms with Crippen LogP contribution >= 0.6 is 0 Å². The SMILES string of the molecule is C=C(C)CNC(=NCC(C)(O)c1cnn(C)c1)NCCc1ccco1. The van der Waals surface area contributed by atoms with Gasteiger partial charge in [-0.1, -0.05) is 12.2 Å². The quantitative estimate of drug-likeness (QED) is 0.384. The number of furan rings is 1. The van der Waals surface area contributed by atoms with Gasteiger partial charge >= 0.3 is 0 Å². The summed E-state index contributed by atoms with van der Waals surface area (Å²) in [6.07, 6.45) is 5.86. The number of nitrogens with zero attached hydrogens (tertiary/aromatic N) is 3. The Morgan fingerprint density at radius 1 is 1.48 bits per heavy atom. The van der Waals surface area contributed by atoms with E-state index in [1.807, 2.05) is 26.1 Å². The summed E-state index contributed by atoms with van der Waals surface area (Å²) in [6, 6.07) is 3.81. The number of hydrogen-bond donors (Lipinski definition) is 3. The third kappa shape index (κ3) is 6.11. The normalized spacial score (nSPS) is 14.2. The van der Waals surface area contributed by atoms with Crippen LogP contribution in [0.1, 0.15) is 25.2 Å². The molecule has 0 bridgehead atoms. The number of rotatable bonds is 8. The van der Waals surface area contributed by atoms with Gasteiger partial charge in [-0.3, -0.25) is 4.68 Å². The van der Waals surface area contributed by atoms with Crippen LogP contribution in [0.2, 0.25) is 0 Å². The highest BCUT2D eigenvalue weighted by Crippen LogP contribution is 2.19. The molecule has 0 spiro atoms. The van der Waals surface area contributed by atoms with E-state index in [1.54, 1.807) is 30.3 Å². The standard InChI is InChI=1S/C18H27N5O2/c1-14(2)10-20-17(19-8-7-16-6-5-9-25-16)21-13-18(3,24)15-11-22-23(4)12-15/h5-6,9,11-12,24H,1,7-8,10,13H2,2-4H3,(H2,19,20,21). The van der Waals surface area contributed by atoms with E-state index in [0.29, 0.717) is 19.0 Å². The summed E-state index contributed by atoms with van der Waals surface area (Å²) < 4.78 is 6.99. The van der Waals surface area contributed by atoms with Gasteiger partial charge in [-0.2, -0.15) is 5.10 Å². The molecule has 2 heterocycles. The van der Waals surface area contributed by atoms with E-state index >= 15 is 0 Å². The molecular formula is C18H27N5O2. The van der Waals surface area contributed by atoms with E-state index < -0.39 is 5.60 Å². The summed E-state index contributed by atoms with van der Waals surface area (Å²) in [6.45, 7) is 9.06. The lowest BCUT2D eigenvalue weighted by Gasteiger charge is -2.20. The third-order valence-corrected chi connectivity index (χ3v) is 3.67. The number of hydrogen-bond acceptors (Lipinski definition) is 4. The van der Waals surface area contributed by atoms with E-state index in [0.717, 1.165) is 23.3 Å². The Morgan fingerprint density at radius 2 is 2.28 bits per heavy atom. The fraction of sp³-hybridized carbons (Fsp3) is 0.444. The third-order valence-electron chi connectivity index (χ3n) is 3.67. The minimum Gasteiger partial charge on any atom is -0.469 e. The first-order valence-electron chi connectivity index (χ1n) is 8.27. The fourth-order valence-corrected chi connectivity index (χ4v) is 2.19. The molecule has 25 heavy (non-hydrogen) atoms. The van der Waals surface area contributed by atoms with Crippen LogP contribution in [0.4, 0.5) is 0 Å². The molecule has 1 atom stereocenters. The van der Waals surface area contributed by atoms with Crippen LogP contribution in [0.15, 0.2) is 52.4 Å². The maximum atomic E-state index is 10.7. The van der Waals surface area contributed by atoms with Gasteiger partial charge in [-0.25, -0.2) is 4.99 Å². The predicted molar refractivity (Wildman–Crippen MR) is 98.3 cm³/mol. The van der Waals surface area contributed by atoms with E-state index in [9.17, 15) is 5.11 Å². The molecule has 0 fully saturated rings. The smallest absolute Gasteiger partial charge is 0.191 e. The fourth-order valence-electron chi connectivity index (χ4n) is 2.19. The molecule has 0 aliphatic carbocycles. The van der Waals surface area contributed by atoms with Gasteiger partial charge in [0, 0.05) is 38.3 Å². The van der Waals surface area contributed by atoms with Crippen LogP contribution in [0, 0.1) is 0 Å². The zero-order valence-electron chi connectivity index (χ0n) is 15.1. The Balaban J connectivity index is 1.97. The molecule has 1 unspecified atom stereocenters. The number of aromatic nitrogens is 2. The summed E-state index contributed by atoms with van der Waals surface area (Å²) in [5.41, 5.74) is 0.640. The number of nitrogens with one attached hydrogen (secondary N) is 2. The molecule has 0 saturated heterocycles. The van der Waals surface area contributed by atoms with Crippen LogP contribution in [0.3, 0.4) is 0 Å². The molecule has 7 heteroatoms. The van der Waals surface area contributed by atoms with Crippen molar-refractivity contribution in [1.29, 1.82) is 0 Å². The average molecular weight is 345 g/mol. The van der Waals surface area contributed by atoms with Crippen LogP contribution in [0.25, 0.3) is 0 Å². The summed E-state index contributed by atoms with van der Waals surface area (Å²) in [5.74, 6) is 1.54. The van der Waals surface area contributed by atoms with Gasteiger partial charge in [0.1, 0.15) is 11.4 Å². The second-order valence-electron chi connectivity index (χ2n) is 6.41. The van der Waals surface area contributed by atoms with Gasteiger partial charge in [0.2, 0.25) is 0 Å². The van der Waals surface area contributed by atoms with Crippen LogP contribution in [-0.2, 0) is 19.1 Å². The first kappa shape index (κ1) is 18.8. The molecule has 3 N–H and O–H groups in total. The van der Waals surface area contributed by atoms with Crippen molar-refractivity contribution in [2.45, 2.75) is 25.9 Å². The first-order chi connectivity index (χ1) is 11.9. The van der Waals surface area contributed by atoms with E-state index in [2.05, 4.69) is 27.3 Å². The first-order valence-corrected chi connectivity index (χ1v) is 8.27. The second-order valence-corrected chi connectivity index (χ2v) is 6.41. The molecule has 0 amide bonds. The molecule has 136 valence electrons. The number of guanidine groups is 1. The van der Waals surface area contributed by atoms with Crippen LogP contribution < -0.4 is 10.6 Å². The lowest BCUT2D eigenvalue weighted by Crippen LogP contribution is -2.40. The highest BCUT2D eigenvalue weighted by molar-refractivity contribution is 5.80. The number of aryl methyl sites for hydroxylation is 1. The monoisotopic (exact) mass is 345 g/mol.